The molecule has 1 aromatic carbocycles. The largest absolute Gasteiger partial charge is 0.491 e. The molecule has 0 unspecified atom stereocenters. The number of ether oxygens (including phenoxy) is 2. The van der Waals surface area contributed by atoms with Crippen molar-refractivity contribution in [2.75, 3.05) is 20.3 Å². The summed E-state index contributed by atoms with van der Waals surface area (Å²) in [5, 5.41) is 9.45. The van der Waals surface area contributed by atoms with E-state index in [4.69, 9.17) is 9.47 Å². The zero-order chi connectivity index (χ0) is 12.8. The quantitative estimate of drug-likeness (QED) is 0.836. The van der Waals surface area contributed by atoms with Crippen LogP contribution in [0.1, 0.15) is 0 Å². The molecule has 96 valence electrons. The Kier molecular flexibility index (Phi) is 4.33. The van der Waals surface area contributed by atoms with Crippen LogP contribution in [-0.2, 0) is 4.74 Å². The molecule has 2 rings (SSSR count). The molecule has 0 saturated heterocycles. The third-order valence-corrected chi connectivity index (χ3v) is 2.44. The summed E-state index contributed by atoms with van der Waals surface area (Å²) < 4.78 is 12.2. The molecule has 0 aliphatic heterocycles. The highest BCUT2D eigenvalue weighted by molar-refractivity contribution is 5.37. The molecule has 2 aromatic rings. The highest BCUT2D eigenvalue weighted by Crippen LogP contribution is 2.15. The predicted octanol–water partition coefficient (Wildman–Crippen LogP) is 1.26. The van der Waals surface area contributed by atoms with E-state index in [1.54, 1.807) is 19.6 Å². The first-order chi connectivity index (χ1) is 8.79. The lowest BCUT2D eigenvalue weighted by Gasteiger charge is -2.11. The molecule has 0 spiro atoms. The van der Waals surface area contributed by atoms with Crippen LogP contribution < -0.4 is 4.74 Å². The number of imidazole rings is 1. The Morgan fingerprint density at radius 3 is 2.67 bits per heavy atom. The van der Waals surface area contributed by atoms with E-state index in [1.807, 2.05) is 35.0 Å². The predicted molar refractivity (Wildman–Crippen MR) is 66.9 cm³/mol. The van der Waals surface area contributed by atoms with Gasteiger partial charge in [-0.05, 0) is 24.3 Å². The summed E-state index contributed by atoms with van der Waals surface area (Å²) in [7, 11) is 1.54. The van der Waals surface area contributed by atoms with Crippen LogP contribution in [0, 0.1) is 0 Å². The Morgan fingerprint density at radius 2 is 2.06 bits per heavy atom. The Hall–Kier alpha value is -1.85. The smallest absolute Gasteiger partial charge is 0.119 e. The number of benzene rings is 1. The monoisotopic (exact) mass is 248 g/mol. The van der Waals surface area contributed by atoms with Gasteiger partial charge in [0.1, 0.15) is 18.5 Å². The van der Waals surface area contributed by atoms with E-state index >= 15 is 0 Å². The highest BCUT2D eigenvalue weighted by Gasteiger charge is 2.04. The Bertz CT molecular complexity index is 454. The average Bonchev–Trinajstić information content (AvgIpc) is 2.91. The van der Waals surface area contributed by atoms with Crippen LogP contribution in [0.5, 0.6) is 5.75 Å². The van der Waals surface area contributed by atoms with Crippen LogP contribution >= 0.6 is 0 Å². The van der Waals surface area contributed by atoms with Gasteiger partial charge in [0.2, 0.25) is 0 Å². The zero-order valence-corrected chi connectivity index (χ0v) is 10.2. The molecule has 1 heterocycles. The molecule has 18 heavy (non-hydrogen) atoms. The van der Waals surface area contributed by atoms with Crippen molar-refractivity contribution < 1.29 is 14.6 Å². The number of aliphatic hydroxyl groups is 1. The van der Waals surface area contributed by atoms with Crippen molar-refractivity contribution in [2.45, 2.75) is 6.10 Å². The third kappa shape index (κ3) is 3.32. The van der Waals surface area contributed by atoms with Gasteiger partial charge in [0, 0.05) is 25.2 Å². The standard InChI is InChI=1S/C13H16N2O3/c1-17-8-12(16)9-18-13-4-2-11(3-5-13)15-7-6-14-10-15/h2-7,10,12,16H,8-9H2,1H3/t12-/m1/s1. The van der Waals surface area contributed by atoms with Gasteiger partial charge in [-0.1, -0.05) is 0 Å². The van der Waals surface area contributed by atoms with E-state index in [0.29, 0.717) is 5.75 Å². The minimum Gasteiger partial charge on any atom is -0.491 e. The fourth-order valence-electron chi connectivity index (χ4n) is 1.56. The number of aliphatic hydroxyl groups excluding tert-OH is 1. The molecule has 1 N–H and O–H groups in total. The van der Waals surface area contributed by atoms with Crippen molar-refractivity contribution in [1.29, 1.82) is 0 Å². The molecule has 0 fully saturated rings. The van der Waals surface area contributed by atoms with Gasteiger partial charge >= 0.3 is 0 Å². The summed E-state index contributed by atoms with van der Waals surface area (Å²) in [5.74, 6) is 0.717. The van der Waals surface area contributed by atoms with Gasteiger partial charge in [-0.3, -0.25) is 0 Å². The SMILES string of the molecule is COC[C@@H](O)COc1ccc(-n2ccnc2)cc1. The molecule has 0 radical (unpaired) electrons. The summed E-state index contributed by atoms with van der Waals surface area (Å²) in [6.07, 6.45) is 4.73. The second-order valence-electron chi connectivity index (χ2n) is 3.88. The van der Waals surface area contributed by atoms with Crippen molar-refractivity contribution in [1.82, 2.24) is 9.55 Å². The zero-order valence-electron chi connectivity index (χ0n) is 10.2. The minimum atomic E-state index is -0.608. The lowest BCUT2D eigenvalue weighted by atomic mass is 10.3. The normalized spacial score (nSPS) is 12.3. The van der Waals surface area contributed by atoms with Crippen molar-refractivity contribution >= 4 is 0 Å². The molecule has 1 atom stereocenters. The molecule has 0 saturated carbocycles. The second kappa shape index (κ2) is 6.18. The molecule has 5 nitrogen and oxygen atoms in total. The summed E-state index contributed by atoms with van der Waals surface area (Å²) in [4.78, 5) is 3.99. The third-order valence-electron chi connectivity index (χ3n) is 2.44. The van der Waals surface area contributed by atoms with Gasteiger partial charge < -0.3 is 19.1 Å². The average molecular weight is 248 g/mol. The van der Waals surface area contributed by atoms with Crippen LogP contribution in [0.2, 0.25) is 0 Å². The molecule has 0 bridgehead atoms. The second-order valence-corrected chi connectivity index (χ2v) is 3.88. The van der Waals surface area contributed by atoms with Gasteiger partial charge in [0.15, 0.2) is 0 Å². The van der Waals surface area contributed by atoms with E-state index in [2.05, 4.69) is 4.98 Å². The number of nitrogens with zero attached hydrogens (tertiary/aromatic N) is 2. The molecule has 5 heteroatoms. The lowest BCUT2D eigenvalue weighted by Crippen LogP contribution is -2.22. The molecule has 1 aromatic heterocycles. The molecule has 0 aliphatic carbocycles. The van der Waals surface area contributed by atoms with E-state index in [0.717, 1.165) is 5.69 Å². The number of aromatic nitrogens is 2. The Balaban J connectivity index is 1.92. The van der Waals surface area contributed by atoms with E-state index in [9.17, 15) is 5.11 Å². The molecule has 0 aliphatic rings. The fraction of sp³-hybridized carbons (Fsp3) is 0.308. The van der Waals surface area contributed by atoms with Gasteiger partial charge in [-0.25, -0.2) is 4.98 Å². The topological polar surface area (TPSA) is 56.5 Å². The summed E-state index contributed by atoms with van der Waals surface area (Å²) in [6, 6.07) is 7.57. The highest BCUT2D eigenvalue weighted by atomic mass is 16.5. The van der Waals surface area contributed by atoms with E-state index < -0.39 is 6.10 Å². The maximum Gasteiger partial charge on any atom is 0.119 e. The summed E-state index contributed by atoms with van der Waals surface area (Å²) >= 11 is 0. The molecular weight excluding hydrogens is 232 g/mol. The number of hydrogen-bond acceptors (Lipinski definition) is 4. The van der Waals surface area contributed by atoms with Gasteiger partial charge in [0.05, 0.1) is 12.9 Å². The van der Waals surface area contributed by atoms with E-state index in [1.165, 1.54) is 0 Å². The van der Waals surface area contributed by atoms with Crippen LogP contribution in [-0.4, -0.2) is 41.1 Å². The fourth-order valence-corrected chi connectivity index (χ4v) is 1.56. The Morgan fingerprint density at radius 1 is 1.28 bits per heavy atom. The lowest BCUT2D eigenvalue weighted by molar-refractivity contribution is 0.0325. The van der Waals surface area contributed by atoms with Crippen molar-refractivity contribution in [3.05, 3.63) is 43.0 Å². The summed E-state index contributed by atoms with van der Waals surface area (Å²) in [5.41, 5.74) is 1.01. The number of methoxy groups -OCH3 is 1. The maximum atomic E-state index is 9.45. The first-order valence-corrected chi connectivity index (χ1v) is 5.68. The summed E-state index contributed by atoms with van der Waals surface area (Å²) in [6.45, 7) is 0.491. The molecule has 0 amide bonds. The van der Waals surface area contributed by atoms with Gasteiger partial charge in [-0.2, -0.15) is 0 Å². The van der Waals surface area contributed by atoms with E-state index in [-0.39, 0.29) is 13.2 Å². The van der Waals surface area contributed by atoms with Crippen molar-refractivity contribution in [2.24, 2.45) is 0 Å². The van der Waals surface area contributed by atoms with Gasteiger partial charge in [0.25, 0.3) is 0 Å². The van der Waals surface area contributed by atoms with Crippen LogP contribution in [0.3, 0.4) is 0 Å². The minimum absolute atomic E-state index is 0.220. The van der Waals surface area contributed by atoms with Crippen LogP contribution in [0.25, 0.3) is 5.69 Å². The van der Waals surface area contributed by atoms with Crippen molar-refractivity contribution in [3.63, 3.8) is 0 Å². The van der Waals surface area contributed by atoms with Crippen LogP contribution in [0.4, 0.5) is 0 Å². The first kappa shape index (κ1) is 12.6. The Labute approximate surface area is 106 Å². The molecular formula is C13H16N2O3. The maximum absolute atomic E-state index is 9.45. The van der Waals surface area contributed by atoms with Crippen LogP contribution in [0.15, 0.2) is 43.0 Å². The first-order valence-electron chi connectivity index (χ1n) is 5.68. The van der Waals surface area contributed by atoms with Crippen molar-refractivity contribution in [3.8, 4) is 11.4 Å². The number of hydrogen-bond donors (Lipinski definition) is 1. The van der Waals surface area contributed by atoms with Gasteiger partial charge in [-0.15, -0.1) is 0 Å². The number of rotatable bonds is 6.